The minimum Gasteiger partial charge on any atom is -0.381 e. The highest BCUT2D eigenvalue weighted by Gasteiger charge is 2.26. The summed E-state index contributed by atoms with van der Waals surface area (Å²) in [6.45, 7) is 3.64. The fourth-order valence-corrected chi connectivity index (χ4v) is 2.68. The van der Waals surface area contributed by atoms with Gasteiger partial charge < -0.3 is 4.74 Å². The van der Waals surface area contributed by atoms with Crippen LogP contribution in [0.2, 0.25) is 5.02 Å². The Morgan fingerprint density at radius 2 is 2.12 bits per heavy atom. The number of nitrogens with two attached hydrogens (primary N) is 1. The molecule has 0 radical (unpaired) electrons. The van der Waals surface area contributed by atoms with Gasteiger partial charge in [0.2, 0.25) is 0 Å². The number of halogens is 1. The third-order valence-electron chi connectivity index (χ3n) is 3.47. The lowest BCUT2D eigenvalue weighted by atomic mass is 9.87. The maximum absolute atomic E-state index is 6.36. The average Bonchev–Trinajstić information content (AvgIpc) is 2.37. The molecule has 1 fully saturated rings. The van der Waals surface area contributed by atoms with Gasteiger partial charge in [0.05, 0.1) is 6.04 Å². The highest BCUT2D eigenvalue weighted by atomic mass is 35.5. The minimum atomic E-state index is 0.117. The topological polar surface area (TPSA) is 47.3 Å². The number of ether oxygens (including phenoxy) is 1. The lowest BCUT2D eigenvalue weighted by molar-refractivity contribution is 0.0536. The van der Waals surface area contributed by atoms with Gasteiger partial charge in [0.1, 0.15) is 0 Å². The van der Waals surface area contributed by atoms with Crippen LogP contribution in [0.5, 0.6) is 0 Å². The summed E-state index contributed by atoms with van der Waals surface area (Å²) >= 11 is 6.36. The van der Waals surface area contributed by atoms with Gasteiger partial charge in [-0.2, -0.15) is 0 Å². The molecule has 0 aliphatic carbocycles. The van der Waals surface area contributed by atoms with Crippen LogP contribution in [0.3, 0.4) is 0 Å². The summed E-state index contributed by atoms with van der Waals surface area (Å²) in [5.41, 5.74) is 5.11. The monoisotopic (exact) mass is 254 g/mol. The van der Waals surface area contributed by atoms with Crippen molar-refractivity contribution in [2.75, 3.05) is 13.2 Å². The Hall–Kier alpha value is -0.610. The second-order valence-corrected chi connectivity index (χ2v) is 4.95. The molecule has 1 aliphatic rings. The summed E-state index contributed by atoms with van der Waals surface area (Å²) in [5.74, 6) is 6.20. The van der Waals surface area contributed by atoms with Crippen molar-refractivity contribution >= 4 is 11.6 Å². The number of benzene rings is 1. The predicted octanol–water partition coefficient (Wildman–Crippen LogP) is 2.58. The molecule has 3 N–H and O–H groups in total. The van der Waals surface area contributed by atoms with Crippen LogP contribution >= 0.6 is 11.6 Å². The summed E-state index contributed by atoms with van der Waals surface area (Å²) in [6.07, 6.45) is 2.05. The van der Waals surface area contributed by atoms with Crippen molar-refractivity contribution in [3.63, 3.8) is 0 Å². The van der Waals surface area contributed by atoms with Gasteiger partial charge in [0.15, 0.2) is 0 Å². The zero-order chi connectivity index (χ0) is 12.3. The van der Waals surface area contributed by atoms with Crippen LogP contribution in [0.1, 0.15) is 30.0 Å². The molecule has 0 aromatic heterocycles. The van der Waals surface area contributed by atoms with Crippen LogP contribution in [0, 0.1) is 12.8 Å². The Kier molecular flexibility index (Phi) is 4.40. The van der Waals surface area contributed by atoms with E-state index in [1.807, 2.05) is 19.1 Å². The fourth-order valence-electron chi connectivity index (χ4n) is 2.44. The molecule has 0 amide bonds. The molecule has 3 nitrogen and oxygen atoms in total. The van der Waals surface area contributed by atoms with E-state index in [-0.39, 0.29) is 6.04 Å². The van der Waals surface area contributed by atoms with Crippen LogP contribution in [0.15, 0.2) is 18.2 Å². The highest BCUT2D eigenvalue weighted by molar-refractivity contribution is 6.32. The normalized spacial score (nSPS) is 19.2. The first-order chi connectivity index (χ1) is 8.24. The molecule has 0 spiro atoms. The number of hydrogen-bond acceptors (Lipinski definition) is 3. The number of rotatable bonds is 3. The Labute approximate surface area is 107 Å². The molecule has 0 saturated carbocycles. The second-order valence-electron chi connectivity index (χ2n) is 4.57. The molecule has 1 heterocycles. The Morgan fingerprint density at radius 1 is 1.41 bits per heavy atom. The Bertz CT molecular complexity index is 378. The smallest absolute Gasteiger partial charge is 0.0504 e. The number of nitrogens with one attached hydrogen (secondary N) is 1. The molecule has 0 bridgehead atoms. The summed E-state index contributed by atoms with van der Waals surface area (Å²) in [6, 6.07) is 6.21. The lowest BCUT2D eigenvalue weighted by Crippen LogP contribution is -2.36. The van der Waals surface area contributed by atoms with Gasteiger partial charge in [-0.25, -0.2) is 0 Å². The lowest BCUT2D eigenvalue weighted by Gasteiger charge is -2.30. The van der Waals surface area contributed by atoms with E-state index in [0.29, 0.717) is 5.92 Å². The molecular weight excluding hydrogens is 236 g/mol. The molecule has 2 rings (SSSR count). The standard InChI is InChI=1S/C13H19ClN2O/c1-9-3-2-4-11(12(9)14)13(16-15)10-5-7-17-8-6-10/h2-4,10,13,16H,5-8,15H2,1H3. The van der Waals surface area contributed by atoms with Gasteiger partial charge in [-0.3, -0.25) is 11.3 Å². The molecule has 94 valence electrons. The van der Waals surface area contributed by atoms with Crippen molar-refractivity contribution < 1.29 is 4.74 Å². The number of hydrazine groups is 1. The molecule has 4 heteroatoms. The van der Waals surface area contributed by atoms with Gasteiger partial charge in [-0.15, -0.1) is 0 Å². The van der Waals surface area contributed by atoms with Crippen molar-refractivity contribution in [1.82, 2.24) is 5.43 Å². The zero-order valence-electron chi connectivity index (χ0n) is 10.1. The largest absolute Gasteiger partial charge is 0.381 e. The first kappa shape index (κ1) is 12.8. The Balaban J connectivity index is 2.24. The zero-order valence-corrected chi connectivity index (χ0v) is 10.8. The van der Waals surface area contributed by atoms with Crippen molar-refractivity contribution in [3.8, 4) is 0 Å². The van der Waals surface area contributed by atoms with E-state index in [0.717, 1.165) is 42.2 Å². The van der Waals surface area contributed by atoms with E-state index in [1.165, 1.54) is 0 Å². The first-order valence-electron chi connectivity index (χ1n) is 6.03. The van der Waals surface area contributed by atoms with E-state index >= 15 is 0 Å². The maximum atomic E-state index is 6.36. The maximum Gasteiger partial charge on any atom is 0.0504 e. The van der Waals surface area contributed by atoms with Gasteiger partial charge >= 0.3 is 0 Å². The second kappa shape index (κ2) is 5.83. The van der Waals surface area contributed by atoms with E-state index in [9.17, 15) is 0 Å². The summed E-state index contributed by atoms with van der Waals surface area (Å²) < 4.78 is 5.38. The molecule has 17 heavy (non-hydrogen) atoms. The quantitative estimate of drug-likeness (QED) is 0.644. The fraction of sp³-hybridized carbons (Fsp3) is 0.538. The number of hydrogen-bond donors (Lipinski definition) is 2. The molecule has 1 aromatic carbocycles. The molecule has 1 aliphatic heterocycles. The van der Waals surface area contributed by atoms with Crippen LogP contribution in [0.25, 0.3) is 0 Å². The van der Waals surface area contributed by atoms with Crippen molar-refractivity contribution in [3.05, 3.63) is 34.3 Å². The van der Waals surface area contributed by atoms with Crippen molar-refractivity contribution in [1.29, 1.82) is 0 Å². The molecular formula is C13H19ClN2O. The van der Waals surface area contributed by atoms with Crippen LogP contribution in [0.4, 0.5) is 0 Å². The molecule has 1 atom stereocenters. The highest BCUT2D eigenvalue weighted by Crippen LogP contribution is 2.34. The van der Waals surface area contributed by atoms with Gasteiger partial charge in [0.25, 0.3) is 0 Å². The third kappa shape index (κ3) is 2.80. The van der Waals surface area contributed by atoms with Crippen molar-refractivity contribution in [2.45, 2.75) is 25.8 Å². The van der Waals surface area contributed by atoms with Gasteiger partial charge in [0, 0.05) is 18.2 Å². The van der Waals surface area contributed by atoms with E-state index in [2.05, 4.69) is 11.5 Å². The molecule has 1 aromatic rings. The van der Waals surface area contributed by atoms with Gasteiger partial charge in [-0.05, 0) is 36.8 Å². The first-order valence-corrected chi connectivity index (χ1v) is 6.40. The minimum absolute atomic E-state index is 0.117. The predicted molar refractivity (Wildman–Crippen MR) is 69.8 cm³/mol. The Morgan fingerprint density at radius 3 is 2.76 bits per heavy atom. The van der Waals surface area contributed by atoms with Crippen molar-refractivity contribution in [2.24, 2.45) is 11.8 Å². The SMILES string of the molecule is Cc1cccc(C(NN)C2CCOCC2)c1Cl. The molecule has 1 unspecified atom stereocenters. The van der Waals surface area contributed by atoms with Gasteiger partial charge in [-0.1, -0.05) is 29.8 Å². The summed E-state index contributed by atoms with van der Waals surface area (Å²) in [5, 5.41) is 0.821. The average molecular weight is 255 g/mol. The van der Waals surface area contributed by atoms with Crippen LogP contribution in [-0.2, 0) is 4.74 Å². The third-order valence-corrected chi connectivity index (χ3v) is 3.99. The van der Waals surface area contributed by atoms with E-state index in [4.69, 9.17) is 22.2 Å². The summed E-state index contributed by atoms with van der Waals surface area (Å²) in [4.78, 5) is 0. The molecule has 1 saturated heterocycles. The van der Waals surface area contributed by atoms with E-state index in [1.54, 1.807) is 0 Å². The number of aryl methyl sites for hydroxylation is 1. The van der Waals surface area contributed by atoms with E-state index < -0.39 is 0 Å². The van der Waals surface area contributed by atoms with Crippen LogP contribution in [-0.4, -0.2) is 13.2 Å². The van der Waals surface area contributed by atoms with Crippen LogP contribution < -0.4 is 11.3 Å². The summed E-state index contributed by atoms with van der Waals surface area (Å²) in [7, 11) is 0.